The van der Waals surface area contributed by atoms with E-state index in [2.05, 4.69) is 16.7 Å². The van der Waals surface area contributed by atoms with Crippen molar-refractivity contribution in [2.75, 3.05) is 7.11 Å². The molecule has 9 nitrogen and oxygen atoms in total. The summed E-state index contributed by atoms with van der Waals surface area (Å²) >= 11 is 0. The quantitative estimate of drug-likeness (QED) is 0.237. The lowest BCUT2D eigenvalue weighted by atomic mass is 10.1. The molecule has 0 N–H and O–H groups in total. The number of nitrogens with zero attached hydrogens (tertiary/aromatic N) is 6. The number of benzene rings is 2. The highest BCUT2D eigenvalue weighted by Crippen LogP contribution is 2.24. The Morgan fingerprint density at radius 3 is 2.52 bits per heavy atom. The molecule has 0 atom stereocenters. The van der Waals surface area contributed by atoms with Crippen molar-refractivity contribution in [1.82, 2.24) is 24.2 Å². The van der Waals surface area contributed by atoms with Crippen molar-refractivity contribution < 1.29 is 9.53 Å². The number of para-hydroxylation sites is 2. The molecule has 3 aromatic heterocycles. The van der Waals surface area contributed by atoms with Gasteiger partial charge in [-0.05, 0) is 29.8 Å². The van der Waals surface area contributed by atoms with E-state index in [4.69, 9.17) is 14.7 Å². The lowest BCUT2D eigenvalue weighted by molar-refractivity contribution is 0.0600. The Morgan fingerprint density at radius 2 is 1.82 bits per heavy atom. The predicted octanol–water partition coefficient (Wildman–Crippen LogP) is 3.15. The second-order valence-corrected chi connectivity index (χ2v) is 7.24. The summed E-state index contributed by atoms with van der Waals surface area (Å²) in [7, 11) is 1.33. The summed E-state index contributed by atoms with van der Waals surface area (Å²) in [5.74, 6) is -0.414. The molecule has 0 spiro atoms. The van der Waals surface area contributed by atoms with Crippen LogP contribution in [-0.4, -0.2) is 43.5 Å². The molecule has 0 amide bonds. The largest absolute Gasteiger partial charge is 0.465 e. The Balaban J connectivity index is 1.73. The molecule has 0 aliphatic rings. The third-order valence-corrected chi connectivity index (χ3v) is 5.19. The SMILES string of the molecule is C=CCn1cnc2c(c1=O)c1nc3ccccc3nc1n2N=Cc1ccc(C(=O)OC)cc1. The van der Waals surface area contributed by atoms with Gasteiger partial charge in [0.15, 0.2) is 11.3 Å². The van der Waals surface area contributed by atoms with Gasteiger partial charge in [0.2, 0.25) is 0 Å². The third kappa shape index (κ3) is 3.45. The monoisotopic (exact) mass is 438 g/mol. The van der Waals surface area contributed by atoms with Gasteiger partial charge in [-0.3, -0.25) is 9.36 Å². The molecule has 0 saturated heterocycles. The summed E-state index contributed by atoms with van der Waals surface area (Å²) in [5, 5.41) is 4.89. The average molecular weight is 438 g/mol. The van der Waals surface area contributed by atoms with Crippen molar-refractivity contribution in [3.63, 3.8) is 0 Å². The van der Waals surface area contributed by atoms with Crippen molar-refractivity contribution in [2.24, 2.45) is 5.10 Å². The van der Waals surface area contributed by atoms with E-state index in [1.54, 1.807) is 36.6 Å². The topological polar surface area (TPSA) is 104 Å². The molecule has 33 heavy (non-hydrogen) atoms. The fraction of sp³-hybridized carbons (Fsp3) is 0.0833. The second-order valence-electron chi connectivity index (χ2n) is 7.24. The van der Waals surface area contributed by atoms with Crippen LogP contribution in [0.2, 0.25) is 0 Å². The van der Waals surface area contributed by atoms with Gasteiger partial charge in [-0.2, -0.15) is 9.78 Å². The third-order valence-electron chi connectivity index (χ3n) is 5.19. The van der Waals surface area contributed by atoms with Crippen LogP contribution >= 0.6 is 0 Å². The Labute approximate surface area is 187 Å². The zero-order valence-corrected chi connectivity index (χ0v) is 17.7. The lowest BCUT2D eigenvalue weighted by Gasteiger charge is -2.02. The molecule has 0 aliphatic carbocycles. The summed E-state index contributed by atoms with van der Waals surface area (Å²) in [5.41, 5.74) is 3.49. The molecule has 0 bridgehead atoms. The number of allylic oxidation sites excluding steroid dienone is 1. The van der Waals surface area contributed by atoms with Gasteiger partial charge in [-0.15, -0.1) is 6.58 Å². The molecule has 9 heteroatoms. The van der Waals surface area contributed by atoms with Crippen LogP contribution in [0.3, 0.4) is 0 Å². The molecule has 0 radical (unpaired) electrons. The summed E-state index contributed by atoms with van der Waals surface area (Å²) < 4.78 is 7.70. The molecule has 0 saturated carbocycles. The minimum Gasteiger partial charge on any atom is -0.465 e. The molecule has 5 rings (SSSR count). The number of hydrogen-bond acceptors (Lipinski definition) is 7. The number of carbonyl (C=O) groups is 1. The fourth-order valence-electron chi connectivity index (χ4n) is 3.58. The van der Waals surface area contributed by atoms with Crippen LogP contribution in [-0.2, 0) is 11.3 Å². The van der Waals surface area contributed by atoms with Gasteiger partial charge < -0.3 is 4.74 Å². The van der Waals surface area contributed by atoms with Crippen LogP contribution < -0.4 is 5.56 Å². The predicted molar refractivity (Wildman–Crippen MR) is 126 cm³/mol. The number of fused-ring (bicyclic) bond motifs is 4. The summed E-state index contributed by atoms with van der Waals surface area (Å²) in [6.07, 6.45) is 4.70. The Morgan fingerprint density at radius 1 is 1.09 bits per heavy atom. The first kappa shape index (κ1) is 20.3. The first-order chi connectivity index (χ1) is 16.1. The van der Waals surface area contributed by atoms with Gasteiger partial charge in [0.25, 0.3) is 5.56 Å². The zero-order chi connectivity index (χ0) is 22.9. The lowest BCUT2D eigenvalue weighted by Crippen LogP contribution is -2.19. The highest BCUT2D eigenvalue weighted by molar-refractivity contribution is 6.04. The van der Waals surface area contributed by atoms with Crippen LogP contribution in [0.25, 0.3) is 33.2 Å². The number of ether oxygens (including phenoxy) is 1. The van der Waals surface area contributed by atoms with Gasteiger partial charge in [-0.25, -0.2) is 19.7 Å². The maximum atomic E-state index is 13.2. The first-order valence-electron chi connectivity index (χ1n) is 10.1. The van der Waals surface area contributed by atoms with Crippen LogP contribution in [0.1, 0.15) is 15.9 Å². The number of aromatic nitrogens is 5. The van der Waals surface area contributed by atoms with Gasteiger partial charge >= 0.3 is 5.97 Å². The van der Waals surface area contributed by atoms with Crippen LogP contribution in [0, 0.1) is 0 Å². The molecule has 162 valence electrons. The van der Waals surface area contributed by atoms with E-state index in [9.17, 15) is 9.59 Å². The van der Waals surface area contributed by atoms with E-state index in [0.717, 1.165) is 5.56 Å². The highest BCUT2D eigenvalue weighted by atomic mass is 16.5. The zero-order valence-electron chi connectivity index (χ0n) is 17.7. The fourth-order valence-corrected chi connectivity index (χ4v) is 3.58. The molecule has 0 unspecified atom stereocenters. The number of esters is 1. The number of hydrogen-bond donors (Lipinski definition) is 0. The summed E-state index contributed by atoms with van der Waals surface area (Å²) in [4.78, 5) is 38.7. The standard InChI is InChI=1S/C24H18N6O3/c1-3-12-29-14-25-21-19(23(29)31)20-22(28-18-7-5-4-6-17(18)27-20)30(21)26-13-15-8-10-16(11-9-15)24(32)33-2/h3-11,13-14H,1,12H2,2H3. The molecule has 0 aliphatic heterocycles. The molecule has 5 aromatic rings. The second kappa shape index (κ2) is 8.12. The van der Waals surface area contributed by atoms with E-state index >= 15 is 0 Å². The number of rotatable bonds is 5. The highest BCUT2D eigenvalue weighted by Gasteiger charge is 2.19. The number of carbonyl (C=O) groups excluding carboxylic acids is 1. The van der Waals surface area contributed by atoms with E-state index in [1.165, 1.54) is 22.7 Å². The van der Waals surface area contributed by atoms with Crippen molar-refractivity contribution in [2.45, 2.75) is 6.54 Å². The van der Waals surface area contributed by atoms with E-state index in [-0.39, 0.29) is 5.56 Å². The van der Waals surface area contributed by atoms with Crippen LogP contribution in [0.4, 0.5) is 0 Å². The molecular formula is C24H18N6O3. The average Bonchev–Trinajstić information content (AvgIpc) is 3.16. The number of methoxy groups -OCH3 is 1. The van der Waals surface area contributed by atoms with Gasteiger partial charge in [0.1, 0.15) is 17.2 Å². The maximum Gasteiger partial charge on any atom is 0.337 e. The van der Waals surface area contributed by atoms with Gasteiger partial charge in [-0.1, -0.05) is 30.3 Å². The van der Waals surface area contributed by atoms with Crippen molar-refractivity contribution in [1.29, 1.82) is 0 Å². The van der Waals surface area contributed by atoms with E-state index < -0.39 is 5.97 Å². The minimum atomic E-state index is -0.414. The van der Waals surface area contributed by atoms with Gasteiger partial charge in [0, 0.05) is 6.54 Å². The maximum absolute atomic E-state index is 13.2. The van der Waals surface area contributed by atoms with Crippen LogP contribution in [0.15, 0.2) is 77.4 Å². The molecule has 3 heterocycles. The Hall–Kier alpha value is -4.66. The molecule has 2 aromatic carbocycles. The Bertz CT molecular complexity index is 1630. The first-order valence-corrected chi connectivity index (χ1v) is 10.1. The van der Waals surface area contributed by atoms with E-state index in [1.807, 2.05) is 24.3 Å². The van der Waals surface area contributed by atoms with E-state index in [0.29, 0.717) is 45.3 Å². The normalized spacial score (nSPS) is 11.5. The summed E-state index contributed by atoms with van der Waals surface area (Å²) in [6, 6.07) is 14.2. The Kier molecular flexibility index (Phi) is 4.98. The minimum absolute atomic E-state index is 0.245. The van der Waals surface area contributed by atoms with Crippen molar-refractivity contribution in [3.8, 4) is 0 Å². The molecular weight excluding hydrogens is 420 g/mol. The van der Waals surface area contributed by atoms with Crippen LogP contribution in [0.5, 0.6) is 0 Å². The van der Waals surface area contributed by atoms with Crippen molar-refractivity contribution in [3.05, 3.63) is 89.0 Å². The molecule has 0 fully saturated rings. The van der Waals surface area contributed by atoms with Gasteiger partial charge in [0.05, 0.1) is 29.9 Å². The summed E-state index contributed by atoms with van der Waals surface area (Å²) in [6.45, 7) is 4.02. The smallest absolute Gasteiger partial charge is 0.337 e. The van der Waals surface area contributed by atoms with Crippen molar-refractivity contribution >= 4 is 45.4 Å².